The molecule has 7 atom stereocenters. The number of H-pyrrole nitrogens is 1. The zero-order chi connectivity index (χ0) is 46.1. The van der Waals surface area contributed by atoms with Crippen LogP contribution in [0.5, 0.6) is 0 Å². The summed E-state index contributed by atoms with van der Waals surface area (Å²) in [5.74, 6) is -5.01. The molecule has 4 heterocycles. The minimum absolute atomic E-state index is 0.0162. The monoisotopic (exact) mass is 884 g/mol. The number of alkyl halides is 2. The smallest absolute Gasteiger partial charge is 0.306 e. The van der Waals surface area contributed by atoms with Crippen LogP contribution < -0.4 is 0 Å². The lowest BCUT2D eigenvalue weighted by Crippen LogP contribution is -2.52. The normalized spacial score (nSPS) is 23.2. The summed E-state index contributed by atoms with van der Waals surface area (Å²) in [5, 5.41) is 0. The number of fused-ring (bicyclic) bond motifs is 6. The van der Waals surface area contributed by atoms with Gasteiger partial charge < -0.3 is 29.1 Å². The Morgan fingerprint density at radius 2 is 1.46 bits per heavy atom. The van der Waals surface area contributed by atoms with Crippen molar-refractivity contribution in [1.82, 2.24) is 19.8 Å². The number of benzene rings is 3. The van der Waals surface area contributed by atoms with Gasteiger partial charge in [-0.05, 0) is 89.1 Å². The molecule has 0 spiro atoms. The number of ether oxygens (including phenoxy) is 2. The van der Waals surface area contributed by atoms with E-state index in [2.05, 4.69) is 14.8 Å². The van der Waals surface area contributed by atoms with Crippen molar-refractivity contribution in [3.8, 4) is 33.5 Å². The fraction of sp³-hybridized carbons (Fsp3) is 0.471. The lowest BCUT2D eigenvalue weighted by molar-refractivity contribution is -0.149. The molecule has 2 amide bonds. The number of hydrogen-bond donors (Lipinski definition) is 1. The number of imidazole rings is 1. The van der Waals surface area contributed by atoms with Gasteiger partial charge in [0.1, 0.15) is 5.82 Å². The standard InChI is InChI=1S/C51H54F2N6O6/c1-26(2)37(22-45(60)64-6)49(62)58-25-33(54-5)21-44(58)48-55-24-43(57-48)30-10-14-36-35-13-9-29(18-39(35)51(52,53)40(36)19-30)28-11-15-41-32(16-28)20-42(56-41)47-31-8-12-34(17-31)59(47)50(63)38(27(3)4)23-46(61)65-7/h9-11,13-16,18-19,24,26-27,31,33-34,37-38,44,47H,8,12,17,20-23,25H2,1-4,6-7H3,(H,55,57)/t31-,33-,34+,37+,38?,44-,47-/m0/s1. The van der Waals surface area contributed by atoms with E-state index in [1.165, 1.54) is 20.3 Å². The summed E-state index contributed by atoms with van der Waals surface area (Å²) < 4.78 is 43.1. The number of hydrogen-bond acceptors (Lipinski definition) is 8. The molecule has 2 saturated heterocycles. The lowest BCUT2D eigenvalue weighted by atomic mass is 9.87. The van der Waals surface area contributed by atoms with Crippen LogP contribution in [0.4, 0.5) is 14.5 Å². The molecule has 65 heavy (non-hydrogen) atoms. The van der Waals surface area contributed by atoms with E-state index in [9.17, 15) is 19.2 Å². The number of amides is 2. The summed E-state index contributed by atoms with van der Waals surface area (Å²) in [4.78, 5) is 72.8. The third kappa shape index (κ3) is 7.70. The van der Waals surface area contributed by atoms with Gasteiger partial charge >= 0.3 is 11.9 Å². The fourth-order valence-electron chi connectivity index (χ4n) is 11.1. The van der Waals surface area contributed by atoms with Crippen LogP contribution in [0, 0.1) is 36.2 Å². The molecule has 5 aliphatic rings. The van der Waals surface area contributed by atoms with Crippen molar-refractivity contribution in [2.45, 2.75) is 103 Å². The molecule has 1 unspecified atom stereocenters. The van der Waals surface area contributed by atoms with Crippen molar-refractivity contribution in [3.63, 3.8) is 0 Å². The van der Waals surface area contributed by atoms with Crippen LogP contribution >= 0.6 is 0 Å². The Labute approximate surface area is 377 Å². The number of carbonyl (C=O) groups is 4. The van der Waals surface area contributed by atoms with Gasteiger partial charge in [0.05, 0.1) is 81.5 Å². The van der Waals surface area contributed by atoms with Crippen LogP contribution in [0.2, 0.25) is 0 Å². The molecule has 2 bridgehead atoms. The molecule has 3 aromatic carbocycles. The number of carbonyl (C=O) groups excluding carboxylic acids is 4. The summed E-state index contributed by atoms with van der Waals surface area (Å²) >= 11 is 0. The molecule has 1 aromatic heterocycles. The van der Waals surface area contributed by atoms with Gasteiger partial charge in [-0.1, -0.05) is 58.0 Å². The molecule has 9 rings (SSSR count). The zero-order valence-electron chi connectivity index (χ0n) is 37.6. The molecule has 1 N–H and O–H groups in total. The minimum Gasteiger partial charge on any atom is -0.469 e. The van der Waals surface area contributed by atoms with Crippen LogP contribution in [0.1, 0.15) is 94.8 Å². The molecule has 3 fully saturated rings. The van der Waals surface area contributed by atoms with Crippen LogP contribution in [0.15, 0.2) is 65.8 Å². The molecule has 12 nitrogen and oxygen atoms in total. The number of nitrogens with one attached hydrogen (secondary N) is 1. The number of aromatic nitrogens is 2. The Balaban J connectivity index is 0.933. The lowest BCUT2D eigenvalue weighted by Gasteiger charge is -2.38. The first-order chi connectivity index (χ1) is 31.1. The first-order valence-electron chi connectivity index (χ1n) is 22.7. The number of esters is 2. The third-order valence-corrected chi connectivity index (χ3v) is 14.7. The fourth-order valence-corrected chi connectivity index (χ4v) is 11.1. The second kappa shape index (κ2) is 17.0. The van der Waals surface area contributed by atoms with Gasteiger partial charge in [-0.25, -0.2) is 11.6 Å². The van der Waals surface area contributed by atoms with Gasteiger partial charge in [0.15, 0.2) is 0 Å². The highest BCUT2D eigenvalue weighted by Crippen LogP contribution is 2.53. The average Bonchev–Trinajstić information content (AvgIpc) is 4.17. The van der Waals surface area contributed by atoms with Crippen LogP contribution in [-0.2, 0) is 41.0 Å². The number of halogens is 2. The van der Waals surface area contributed by atoms with E-state index >= 15 is 8.78 Å². The first-order valence-corrected chi connectivity index (χ1v) is 22.7. The third-order valence-electron chi connectivity index (χ3n) is 14.7. The van der Waals surface area contributed by atoms with E-state index in [1.54, 1.807) is 35.4 Å². The van der Waals surface area contributed by atoms with E-state index in [1.807, 2.05) is 56.9 Å². The van der Waals surface area contributed by atoms with Crippen LogP contribution in [-0.4, -0.2) is 88.1 Å². The summed E-state index contributed by atoms with van der Waals surface area (Å²) in [6.45, 7) is 15.6. The number of aliphatic imine (C=N–C) groups is 1. The summed E-state index contributed by atoms with van der Waals surface area (Å²) in [5.41, 5.74) is 5.91. The number of nitrogens with zero attached hydrogens (tertiary/aromatic N) is 5. The molecular weight excluding hydrogens is 831 g/mol. The minimum atomic E-state index is -3.30. The summed E-state index contributed by atoms with van der Waals surface area (Å²) in [6, 6.07) is 15.0. The number of rotatable bonds is 12. The molecular formula is C51H54F2N6O6. The average molecular weight is 885 g/mol. The largest absolute Gasteiger partial charge is 0.469 e. The molecule has 1 saturated carbocycles. The molecule has 3 aliphatic heterocycles. The SMILES string of the molecule is [C-]#[N+][C@H]1C[C@@H](c2ncc(-c3ccc4c(c3)C(F)(F)c3cc(-c5ccc6c(c5)CC([C@@H]5[C@H]7CC[C@H](C7)N5C(=O)C(CC(=O)OC)C(C)C)=N6)ccc3-4)[nH]2)N(C(=O)[C@H](CC(=O)OC)C(C)C)C1. The maximum Gasteiger partial charge on any atom is 0.306 e. The second-order valence-corrected chi connectivity index (χ2v) is 19.1. The van der Waals surface area contributed by atoms with E-state index in [0.717, 1.165) is 41.8 Å². The second-order valence-electron chi connectivity index (χ2n) is 19.1. The van der Waals surface area contributed by atoms with Crippen LogP contribution in [0.3, 0.4) is 0 Å². The topological polar surface area (TPSA) is 139 Å². The Morgan fingerprint density at radius 3 is 2.11 bits per heavy atom. The van der Waals surface area contributed by atoms with E-state index in [0.29, 0.717) is 52.5 Å². The van der Waals surface area contributed by atoms with Gasteiger partial charge in [-0.2, -0.15) is 8.78 Å². The number of likely N-dealkylation sites (tertiary alicyclic amines) is 2. The van der Waals surface area contributed by atoms with Gasteiger partial charge in [-0.15, -0.1) is 0 Å². The Kier molecular flexibility index (Phi) is 11.5. The van der Waals surface area contributed by atoms with Crippen molar-refractivity contribution >= 4 is 35.2 Å². The Morgan fingerprint density at radius 1 is 0.846 bits per heavy atom. The van der Waals surface area contributed by atoms with Crippen molar-refractivity contribution in [3.05, 3.63) is 94.7 Å². The molecule has 4 aromatic rings. The number of piperidine rings is 1. The van der Waals surface area contributed by atoms with E-state index in [-0.39, 0.29) is 66.2 Å². The van der Waals surface area contributed by atoms with Gasteiger partial charge in [0, 0.05) is 34.9 Å². The summed E-state index contributed by atoms with van der Waals surface area (Å²) in [6.07, 6.45) is 5.31. The predicted octanol–water partition coefficient (Wildman–Crippen LogP) is 9.10. The van der Waals surface area contributed by atoms with Gasteiger partial charge in [0.25, 0.3) is 5.92 Å². The van der Waals surface area contributed by atoms with E-state index < -0.39 is 41.8 Å². The number of aromatic amines is 1. The van der Waals surface area contributed by atoms with Crippen molar-refractivity contribution in [2.75, 3.05) is 20.8 Å². The maximum atomic E-state index is 16.7. The molecule has 0 radical (unpaired) electrons. The quantitative estimate of drug-likeness (QED) is 0.111. The highest BCUT2D eigenvalue weighted by molar-refractivity contribution is 6.01. The van der Waals surface area contributed by atoms with Crippen molar-refractivity contribution in [2.24, 2.45) is 34.6 Å². The van der Waals surface area contributed by atoms with Crippen LogP contribution in [0.25, 0.3) is 38.4 Å². The molecule has 14 heteroatoms. The van der Waals surface area contributed by atoms with E-state index in [4.69, 9.17) is 21.0 Å². The van der Waals surface area contributed by atoms with Crippen molar-refractivity contribution in [1.29, 1.82) is 0 Å². The maximum absolute atomic E-state index is 16.7. The Hall–Kier alpha value is -6.23. The molecule has 338 valence electrons. The summed E-state index contributed by atoms with van der Waals surface area (Å²) in [7, 11) is 2.63. The highest BCUT2D eigenvalue weighted by atomic mass is 19.3. The first kappa shape index (κ1) is 44.0. The van der Waals surface area contributed by atoms with Gasteiger partial charge in [0.2, 0.25) is 17.9 Å². The Bertz CT molecular complexity index is 2670. The predicted molar refractivity (Wildman–Crippen MR) is 240 cm³/mol. The van der Waals surface area contributed by atoms with Crippen molar-refractivity contribution < 1.29 is 37.4 Å². The van der Waals surface area contributed by atoms with Gasteiger partial charge in [-0.3, -0.25) is 24.2 Å². The highest BCUT2D eigenvalue weighted by Gasteiger charge is 2.52. The number of methoxy groups -OCH3 is 2. The molecule has 2 aliphatic carbocycles. The zero-order valence-corrected chi connectivity index (χ0v) is 37.6.